The summed E-state index contributed by atoms with van der Waals surface area (Å²) >= 11 is 0. The molecule has 1 aromatic carbocycles. The average Bonchev–Trinajstić information content (AvgIpc) is 2.93. The van der Waals surface area contributed by atoms with Gasteiger partial charge in [0, 0.05) is 12.1 Å². The van der Waals surface area contributed by atoms with Gasteiger partial charge in [-0.3, -0.25) is 20.3 Å². The molecule has 0 bridgehead atoms. The molecule has 10 heteroatoms. The number of nitrogens with one attached hydrogen (secondary N) is 1. The van der Waals surface area contributed by atoms with Crippen LogP contribution in [0.5, 0.6) is 5.75 Å². The number of nitrogens with two attached hydrogens (primary N) is 1. The lowest BCUT2D eigenvalue weighted by Crippen LogP contribution is -2.30. The van der Waals surface area contributed by atoms with Crippen LogP contribution >= 0.6 is 0 Å². The van der Waals surface area contributed by atoms with Crippen molar-refractivity contribution in [3.05, 3.63) is 51.7 Å². The van der Waals surface area contributed by atoms with E-state index in [0.29, 0.717) is 0 Å². The number of hydrogen-bond donors (Lipinski definition) is 2. The van der Waals surface area contributed by atoms with Crippen molar-refractivity contribution in [3.8, 4) is 5.75 Å². The van der Waals surface area contributed by atoms with Crippen LogP contribution in [-0.4, -0.2) is 16.0 Å². The van der Waals surface area contributed by atoms with Crippen LogP contribution in [0.25, 0.3) is 0 Å². The van der Waals surface area contributed by atoms with Gasteiger partial charge in [0.25, 0.3) is 11.6 Å². The van der Waals surface area contributed by atoms with E-state index in [9.17, 15) is 19.3 Å². The van der Waals surface area contributed by atoms with Crippen LogP contribution in [-0.2, 0) is 6.61 Å². The summed E-state index contributed by atoms with van der Waals surface area (Å²) in [7, 11) is 0. The highest BCUT2D eigenvalue weighted by Gasteiger charge is 2.14. The predicted octanol–water partition coefficient (Wildman–Crippen LogP) is 0.904. The fourth-order valence-electron chi connectivity index (χ4n) is 1.43. The molecule has 0 fully saturated rings. The standard InChI is InChI=1S/C11H9FN4O5/c12-8-3-6(16(18)19)1-2-10(8)20-5-7-4-9(15-21-7)11(17)14-13/h1-4H,5,13H2,(H,14,17). The summed E-state index contributed by atoms with van der Waals surface area (Å²) in [6.07, 6.45) is 0. The molecule has 2 aromatic rings. The second kappa shape index (κ2) is 5.96. The van der Waals surface area contributed by atoms with Gasteiger partial charge in [0.15, 0.2) is 23.0 Å². The summed E-state index contributed by atoms with van der Waals surface area (Å²) in [5.74, 6) is 3.35. The molecule has 3 N–H and O–H groups in total. The SMILES string of the molecule is NNC(=O)c1cc(COc2ccc([N+](=O)[O-])cc2F)on1. The van der Waals surface area contributed by atoms with E-state index in [1.807, 2.05) is 5.43 Å². The summed E-state index contributed by atoms with van der Waals surface area (Å²) in [6, 6.07) is 4.23. The van der Waals surface area contributed by atoms with Crippen molar-refractivity contribution in [1.29, 1.82) is 0 Å². The minimum Gasteiger partial charge on any atom is -0.482 e. The van der Waals surface area contributed by atoms with Crippen LogP contribution in [0, 0.1) is 15.9 Å². The number of nitrogen functional groups attached to an aromatic ring is 1. The Kier molecular flexibility index (Phi) is 4.09. The van der Waals surface area contributed by atoms with Crippen LogP contribution in [0.3, 0.4) is 0 Å². The zero-order valence-electron chi connectivity index (χ0n) is 10.4. The highest BCUT2D eigenvalue weighted by Crippen LogP contribution is 2.23. The monoisotopic (exact) mass is 296 g/mol. The maximum atomic E-state index is 13.5. The fraction of sp³-hybridized carbons (Fsp3) is 0.0909. The number of halogens is 1. The summed E-state index contributed by atoms with van der Waals surface area (Å²) in [4.78, 5) is 20.9. The summed E-state index contributed by atoms with van der Waals surface area (Å²) in [5, 5.41) is 13.9. The molecule has 0 spiro atoms. The lowest BCUT2D eigenvalue weighted by molar-refractivity contribution is -0.385. The van der Waals surface area contributed by atoms with Crippen molar-refractivity contribution in [3.63, 3.8) is 0 Å². The molecule has 0 aliphatic carbocycles. The van der Waals surface area contributed by atoms with Gasteiger partial charge in [0.05, 0.1) is 11.0 Å². The number of non-ortho nitro benzene ring substituents is 1. The number of hydrazine groups is 1. The Hall–Kier alpha value is -3.01. The molecule has 2 rings (SSSR count). The van der Waals surface area contributed by atoms with E-state index in [4.69, 9.17) is 15.1 Å². The van der Waals surface area contributed by atoms with E-state index in [-0.39, 0.29) is 29.5 Å². The minimum absolute atomic E-state index is 0.0553. The molecule has 0 atom stereocenters. The minimum atomic E-state index is -0.886. The number of amides is 1. The summed E-state index contributed by atoms with van der Waals surface area (Å²) < 4.78 is 23.4. The van der Waals surface area contributed by atoms with Gasteiger partial charge in [-0.2, -0.15) is 0 Å². The maximum absolute atomic E-state index is 13.5. The first-order valence-corrected chi connectivity index (χ1v) is 5.54. The molecule has 1 heterocycles. The number of hydrogen-bond acceptors (Lipinski definition) is 7. The zero-order chi connectivity index (χ0) is 15.4. The molecule has 0 unspecified atom stereocenters. The molecule has 0 saturated carbocycles. The van der Waals surface area contributed by atoms with Gasteiger partial charge in [0.2, 0.25) is 0 Å². The molecule has 1 amide bonds. The molecule has 9 nitrogen and oxygen atoms in total. The smallest absolute Gasteiger partial charge is 0.287 e. The fourth-order valence-corrected chi connectivity index (χ4v) is 1.43. The van der Waals surface area contributed by atoms with Gasteiger partial charge in [-0.1, -0.05) is 5.16 Å². The van der Waals surface area contributed by atoms with Crippen LogP contribution in [0.4, 0.5) is 10.1 Å². The first kappa shape index (κ1) is 14.4. The first-order chi connectivity index (χ1) is 10.0. The van der Waals surface area contributed by atoms with Crippen LogP contribution in [0.15, 0.2) is 28.8 Å². The van der Waals surface area contributed by atoms with E-state index < -0.39 is 16.6 Å². The van der Waals surface area contributed by atoms with Gasteiger partial charge in [-0.05, 0) is 6.07 Å². The van der Waals surface area contributed by atoms with Crippen molar-refractivity contribution in [2.75, 3.05) is 0 Å². The second-order valence-corrected chi connectivity index (χ2v) is 3.81. The van der Waals surface area contributed by atoms with Crippen molar-refractivity contribution < 1.29 is 23.4 Å². The molecule has 0 saturated heterocycles. The third-order valence-electron chi connectivity index (χ3n) is 2.42. The largest absolute Gasteiger partial charge is 0.482 e. The molecule has 110 valence electrons. The number of rotatable bonds is 5. The topological polar surface area (TPSA) is 134 Å². The molecule has 1 aromatic heterocycles. The van der Waals surface area contributed by atoms with Gasteiger partial charge in [-0.15, -0.1) is 0 Å². The lowest BCUT2D eigenvalue weighted by Gasteiger charge is -2.04. The molecule has 0 aliphatic heterocycles. The van der Waals surface area contributed by atoms with Gasteiger partial charge in [-0.25, -0.2) is 10.2 Å². The maximum Gasteiger partial charge on any atom is 0.287 e. The van der Waals surface area contributed by atoms with E-state index >= 15 is 0 Å². The summed E-state index contributed by atoms with van der Waals surface area (Å²) in [6.45, 7) is -0.209. The van der Waals surface area contributed by atoms with Crippen molar-refractivity contribution >= 4 is 11.6 Å². The zero-order valence-corrected chi connectivity index (χ0v) is 10.4. The number of carbonyl (C=O) groups is 1. The molecular weight excluding hydrogens is 287 g/mol. The Bertz CT molecular complexity index is 687. The van der Waals surface area contributed by atoms with Crippen LogP contribution in [0.2, 0.25) is 0 Å². The third kappa shape index (κ3) is 3.30. The Morgan fingerprint density at radius 2 is 2.29 bits per heavy atom. The molecule has 0 aliphatic rings. The first-order valence-electron chi connectivity index (χ1n) is 5.54. The number of ether oxygens (including phenoxy) is 1. The lowest BCUT2D eigenvalue weighted by atomic mass is 10.3. The number of aromatic nitrogens is 1. The Labute approximate surface area is 116 Å². The van der Waals surface area contributed by atoms with E-state index in [1.54, 1.807) is 0 Å². The van der Waals surface area contributed by atoms with E-state index in [0.717, 1.165) is 18.2 Å². The van der Waals surface area contributed by atoms with Gasteiger partial charge < -0.3 is 9.26 Å². The summed E-state index contributed by atoms with van der Waals surface area (Å²) in [5.41, 5.74) is 1.43. The number of carbonyl (C=O) groups excluding carboxylic acids is 1. The highest BCUT2D eigenvalue weighted by atomic mass is 19.1. The second-order valence-electron chi connectivity index (χ2n) is 3.81. The number of nitro benzene ring substituents is 1. The Morgan fingerprint density at radius 3 is 2.90 bits per heavy atom. The van der Waals surface area contributed by atoms with Crippen LogP contribution in [0.1, 0.15) is 16.2 Å². The Balaban J connectivity index is 2.04. The third-order valence-corrected chi connectivity index (χ3v) is 2.42. The predicted molar refractivity (Wildman–Crippen MR) is 65.5 cm³/mol. The molecule has 21 heavy (non-hydrogen) atoms. The Morgan fingerprint density at radius 1 is 1.52 bits per heavy atom. The van der Waals surface area contributed by atoms with Gasteiger partial charge in [0.1, 0.15) is 6.61 Å². The molecule has 0 radical (unpaired) electrons. The van der Waals surface area contributed by atoms with Crippen molar-refractivity contribution in [1.82, 2.24) is 10.6 Å². The van der Waals surface area contributed by atoms with Crippen molar-refractivity contribution in [2.45, 2.75) is 6.61 Å². The normalized spacial score (nSPS) is 10.2. The number of nitrogens with zero attached hydrogens (tertiary/aromatic N) is 2. The van der Waals surface area contributed by atoms with Gasteiger partial charge >= 0.3 is 0 Å². The van der Waals surface area contributed by atoms with E-state index in [1.165, 1.54) is 6.07 Å². The highest BCUT2D eigenvalue weighted by molar-refractivity contribution is 5.91. The molecular formula is C11H9FN4O5. The number of nitro groups is 1. The van der Waals surface area contributed by atoms with Crippen LogP contribution < -0.4 is 16.0 Å². The van der Waals surface area contributed by atoms with E-state index in [2.05, 4.69) is 5.16 Å². The average molecular weight is 296 g/mol. The number of benzene rings is 1. The quantitative estimate of drug-likeness (QED) is 0.362. The van der Waals surface area contributed by atoms with Crippen molar-refractivity contribution in [2.24, 2.45) is 5.84 Å².